The van der Waals surface area contributed by atoms with Gasteiger partial charge in [-0.1, -0.05) is 18.2 Å². The number of hydrogen-bond acceptors (Lipinski definition) is 5. The van der Waals surface area contributed by atoms with Crippen molar-refractivity contribution in [2.75, 3.05) is 6.26 Å². The molecule has 0 unspecified atom stereocenters. The van der Waals surface area contributed by atoms with Gasteiger partial charge in [-0.2, -0.15) is 5.26 Å². The number of fused-ring (bicyclic) bond motifs is 1. The molecule has 7 heteroatoms. The zero-order valence-electron chi connectivity index (χ0n) is 13.2. The standard InChI is InChI=1S/C18H13N3O3S/c1-25(23,24)14(10-19)9-12-4-2-5-13(8-12)17(22)16-11-21-18-15(16)6-3-7-20-18/h2-9,11H,1H3,(H,20,21). The highest BCUT2D eigenvalue weighted by Gasteiger charge is 2.15. The number of H-pyrrole nitrogens is 1. The van der Waals surface area contributed by atoms with E-state index in [1.807, 2.05) is 0 Å². The van der Waals surface area contributed by atoms with E-state index in [1.165, 1.54) is 6.08 Å². The maximum atomic E-state index is 12.8. The van der Waals surface area contributed by atoms with Crippen LogP contribution in [0.3, 0.4) is 0 Å². The number of ketones is 1. The summed E-state index contributed by atoms with van der Waals surface area (Å²) in [4.78, 5) is 19.5. The molecule has 3 aromatic rings. The van der Waals surface area contributed by atoms with Gasteiger partial charge in [0, 0.05) is 35.2 Å². The normalized spacial score (nSPS) is 12.1. The fraction of sp³-hybridized carbons (Fsp3) is 0.0556. The molecule has 124 valence electrons. The summed E-state index contributed by atoms with van der Waals surface area (Å²) in [5.41, 5.74) is 1.95. The van der Waals surface area contributed by atoms with Gasteiger partial charge in [-0.05, 0) is 29.8 Å². The monoisotopic (exact) mass is 351 g/mol. The number of carbonyl (C=O) groups is 1. The van der Waals surface area contributed by atoms with Gasteiger partial charge in [0.05, 0.1) is 0 Å². The van der Waals surface area contributed by atoms with Crippen LogP contribution in [0, 0.1) is 11.3 Å². The third-order valence-electron chi connectivity index (χ3n) is 3.65. The molecule has 1 aromatic carbocycles. The van der Waals surface area contributed by atoms with Crippen molar-refractivity contribution in [1.82, 2.24) is 9.97 Å². The Hall–Kier alpha value is -3.24. The van der Waals surface area contributed by atoms with Crippen molar-refractivity contribution < 1.29 is 13.2 Å². The number of rotatable bonds is 4. The molecule has 0 aliphatic heterocycles. The Bertz CT molecular complexity index is 1150. The Morgan fingerprint density at radius 2 is 2.08 bits per heavy atom. The minimum Gasteiger partial charge on any atom is -0.345 e. The van der Waals surface area contributed by atoms with E-state index in [2.05, 4.69) is 9.97 Å². The van der Waals surface area contributed by atoms with Crippen LogP contribution < -0.4 is 0 Å². The second-order valence-corrected chi connectivity index (χ2v) is 7.43. The van der Waals surface area contributed by atoms with Crippen LogP contribution >= 0.6 is 0 Å². The number of sulfone groups is 1. The number of allylic oxidation sites excluding steroid dienone is 1. The van der Waals surface area contributed by atoms with Gasteiger partial charge in [0.1, 0.15) is 16.6 Å². The quantitative estimate of drug-likeness (QED) is 0.575. The van der Waals surface area contributed by atoms with Crippen LogP contribution in [-0.2, 0) is 9.84 Å². The van der Waals surface area contributed by atoms with Crippen molar-refractivity contribution in [2.45, 2.75) is 0 Å². The average Bonchev–Trinajstić information content (AvgIpc) is 3.02. The minimum atomic E-state index is -3.62. The molecule has 0 atom stereocenters. The molecular formula is C18H13N3O3S. The van der Waals surface area contributed by atoms with Crippen LogP contribution in [0.15, 0.2) is 53.7 Å². The predicted molar refractivity (Wildman–Crippen MR) is 94.4 cm³/mol. The van der Waals surface area contributed by atoms with Crippen LogP contribution in [0.1, 0.15) is 21.5 Å². The van der Waals surface area contributed by atoms with Gasteiger partial charge in [-0.25, -0.2) is 13.4 Å². The number of nitrogens with zero attached hydrogens (tertiary/aromatic N) is 2. The Balaban J connectivity index is 2.04. The van der Waals surface area contributed by atoms with Gasteiger partial charge in [-0.3, -0.25) is 4.79 Å². The number of benzene rings is 1. The Morgan fingerprint density at radius 3 is 2.80 bits per heavy atom. The third kappa shape index (κ3) is 3.34. The van der Waals surface area contributed by atoms with Crippen LogP contribution in [0.25, 0.3) is 17.1 Å². The predicted octanol–water partition coefficient (Wildman–Crippen LogP) is 2.70. The lowest BCUT2D eigenvalue weighted by atomic mass is 10.0. The van der Waals surface area contributed by atoms with E-state index in [4.69, 9.17) is 5.26 Å². The van der Waals surface area contributed by atoms with E-state index in [9.17, 15) is 13.2 Å². The molecule has 0 saturated heterocycles. The smallest absolute Gasteiger partial charge is 0.195 e. The largest absolute Gasteiger partial charge is 0.345 e. The van der Waals surface area contributed by atoms with Crippen LogP contribution in [0.4, 0.5) is 0 Å². The van der Waals surface area contributed by atoms with Gasteiger partial charge in [0.25, 0.3) is 0 Å². The van der Waals surface area contributed by atoms with E-state index in [-0.39, 0.29) is 10.7 Å². The molecule has 1 N–H and O–H groups in total. The summed E-state index contributed by atoms with van der Waals surface area (Å²) in [5.74, 6) is -0.215. The number of aromatic amines is 1. The summed E-state index contributed by atoms with van der Waals surface area (Å²) < 4.78 is 23.1. The lowest BCUT2D eigenvalue weighted by molar-refractivity contribution is 0.104. The van der Waals surface area contributed by atoms with Crippen LogP contribution in [-0.4, -0.2) is 30.4 Å². The first kappa shape index (κ1) is 16.6. The summed E-state index contributed by atoms with van der Waals surface area (Å²) in [5, 5.41) is 9.71. The molecule has 0 fully saturated rings. The fourth-order valence-electron chi connectivity index (χ4n) is 2.44. The highest BCUT2D eigenvalue weighted by atomic mass is 32.2. The van der Waals surface area contributed by atoms with Crippen molar-refractivity contribution in [3.8, 4) is 6.07 Å². The summed E-state index contributed by atoms with van der Waals surface area (Å²) in [6.07, 6.45) is 5.45. The first-order valence-electron chi connectivity index (χ1n) is 7.29. The Morgan fingerprint density at radius 1 is 1.28 bits per heavy atom. The topological polar surface area (TPSA) is 104 Å². The zero-order valence-corrected chi connectivity index (χ0v) is 14.0. The molecular weight excluding hydrogens is 338 g/mol. The van der Waals surface area contributed by atoms with Gasteiger partial charge in [-0.15, -0.1) is 0 Å². The first-order chi connectivity index (χ1) is 11.9. The molecule has 0 radical (unpaired) electrons. The van der Waals surface area contributed by atoms with Crippen LogP contribution in [0.2, 0.25) is 0 Å². The van der Waals surface area contributed by atoms with Crippen molar-refractivity contribution >= 4 is 32.7 Å². The molecule has 0 bridgehead atoms. The third-order valence-corrected chi connectivity index (χ3v) is 4.66. The van der Waals surface area contributed by atoms with Gasteiger partial charge >= 0.3 is 0 Å². The number of nitriles is 1. The van der Waals surface area contributed by atoms with Crippen molar-refractivity contribution in [1.29, 1.82) is 5.26 Å². The second-order valence-electron chi connectivity index (χ2n) is 5.45. The molecule has 2 aromatic heterocycles. The van der Waals surface area contributed by atoms with Gasteiger partial charge in [0.2, 0.25) is 0 Å². The molecule has 2 heterocycles. The van der Waals surface area contributed by atoms with E-state index in [0.717, 1.165) is 6.26 Å². The van der Waals surface area contributed by atoms with E-state index >= 15 is 0 Å². The van der Waals surface area contributed by atoms with E-state index in [1.54, 1.807) is 54.9 Å². The lowest BCUT2D eigenvalue weighted by Crippen LogP contribution is -2.01. The summed E-state index contributed by atoms with van der Waals surface area (Å²) >= 11 is 0. The highest BCUT2D eigenvalue weighted by Crippen LogP contribution is 2.21. The zero-order chi connectivity index (χ0) is 18.0. The Kier molecular flexibility index (Phi) is 4.21. The SMILES string of the molecule is CS(=O)(=O)C(C#N)=Cc1cccc(C(=O)c2c[nH]c3ncccc23)c1. The van der Waals surface area contributed by atoms with Gasteiger partial charge in [0.15, 0.2) is 15.6 Å². The van der Waals surface area contributed by atoms with E-state index in [0.29, 0.717) is 27.7 Å². The number of carbonyl (C=O) groups excluding carboxylic acids is 1. The Labute approximate surface area is 144 Å². The lowest BCUT2D eigenvalue weighted by Gasteiger charge is -2.02. The molecule has 0 spiro atoms. The fourth-order valence-corrected chi connectivity index (χ4v) is 2.96. The summed E-state index contributed by atoms with van der Waals surface area (Å²) in [7, 11) is -3.62. The van der Waals surface area contributed by atoms with Crippen LogP contribution in [0.5, 0.6) is 0 Å². The second kappa shape index (κ2) is 6.34. The molecule has 0 saturated carbocycles. The number of nitrogens with one attached hydrogen (secondary N) is 1. The molecule has 3 rings (SSSR count). The maximum absolute atomic E-state index is 12.8. The van der Waals surface area contributed by atoms with Crippen molar-refractivity contribution in [3.63, 3.8) is 0 Å². The first-order valence-corrected chi connectivity index (χ1v) is 9.18. The van der Waals surface area contributed by atoms with Crippen molar-refractivity contribution in [3.05, 3.63) is 70.4 Å². The summed E-state index contributed by atoms with van der Waals surface area (Å²) in [6, 6.07) is 11.7. The number of aromatic nitrogens is 2. The molecule has 0 amide bonds. The van der Waals surface area contributed by atoms with E-state index < -0.39 is 9.84 Å². The minimum absolute atomic E-state index is 0.215. The maximum Gasteiger partial charge on any atom is 0.195 e. The number of pyridine rings is 1. The summed E-state index contributed by atoms with van der Waals surface area (Å²) in [6.45, 7) is 0. The van der Waals surface area contributed by atoms with Gasteiger partial charge < -0.3 is 4.98 Å². The molecule has 0 aliphatic carbocycles. The average molecular weight is 351 g/mol. The van der Waals surface area contributed by atoms with Crippen molar-refractivity contribution in [2.24, 2.45) is 0 Å². The molecule has 25 heavy (non-hydrogen) atoms. The highest BCUT2D eigenvalue weighted by molar-refractivity contribution is 7.95. The molecule has 6 nitrogen and oxygen atoms in total. The number of hydrogen-bond donors (Lipinski definition) is 1. The molecule has 0 aliphatic rings.